The Bertz CT molecular complexity index is 1830. The van der Waals surface area contributed by atoms with Gasteiger partial charge in [0.25, 0.3) is 0 Å². The van der Waals surface area contributed by atoms with Gasteiger partial charge < -0.3 is 29.9 Å². The first-order valence-electron chi connectivity index (χ1n) is 15.3. The lowest BCUT2D eigenvalue weighted by Crippen LogP contribution is -2.61. The maximum atomic E-state index is 13.9. The molecule has 0 radical (unpaired) electrons. The Morgan fingerprint density at radius 2 is 1.91 bits per heavy atom. The fourth-order valence-electron chi connectivity index (χ4n) is 6.42. The molecular formula is C32H35N7O8. The summed E-state index contributed by atoms with van der Waals surface area (Å²) in [4.78, 5) is 35.7. The third-order valence-corrected chi connectivity index (χ3v) is 8.97. The maximum absolute atomic E-state index is 13.9. The summed E-state index contributed by atoms with van der Waals surface area (Å²) in [7, 11) is 1.51. The Kier molecular flexibility index (Phi) is 8.93. The zero-order valence-electron chi connectivity index (χ0n) is 25.7. The quantitative estimate of drug-likeness (QED) is 0.218. The third kappa shape index (κ3) is 6.03. The Morgan fingerprint density at radius 1 is 1.15 bits per heavy atom. The average Bonchev–Trinajstić information content (AvgIpc) is 3.85. The first-order chi connectivity index (χ1) is 22.6. The summed E-state index contributed by atoms with van der Waals surface area (Å²) in [5.74, 6) is -1.10. The zero-order valence-corrected chi connectivity index (χ0v) is 25.7. The molecule has 1 amide bonds. The van der Waals surface area contributed by atoms with Crippen molar-refractivity contribution in [2.45, 2.75) is 75.8 Å². The molecule has 2 fully saturated rings. The topological polar surface area (TPSA) is 209 Å². The van der Waals surface area contributed by atoms with Gasteiger partial charge in [-0.2, -0.15) is 10.4 Å². The minimum Gasteiger partial charge on any atom is -0.479 e. The Labute approximate surface area is 269 Å². The lowest BCUT2D eigenvalue weighted by Gasteiger charge is -2.38. The third-order valence-electron chi connectivity index (χ3n) is 8.97. The summed E-state index contributed by atoms with van der Waals surface area (Å²) in [5.41, 5.74) is 2.67. The van der Waals surface area contributed by atoms with Gasteiger partial charge in [0.1, 0.15) is 30.4 Å². The number of benzene rings is 1. The van der Waals surface area contributed by atoms with Gasteiger partial charge in [-0.05, 0) is 49.4 Å². The van der Waals surface area contributed by atoms with Crippen molar-refractivity contribution in [1.82, 2.24) is 24.3 Å². The lowest BCUT2D eigenvalue weighted by atomic mass is 9.96. The molecule has 1 unspecified atom stereocenters. The summed E-state index contributed by atoms with van der Waals surface area (Å²) in [6, 6.07) is 8.35. The Morgan fingerprint density at radius 3 is 2.64 bits per heavy atom. The number of carbonyl (C=O) groups excluding carboxylic acids is 1. The van der Waals surface area contributed by atoms with Crippen LogP contribution in [-0.4, -0.2) is 94.5 Å². The normalized spacial score (nSPS) is 23.8. The van der Waals surface area contributed by atoms with Gasteiger partial charge in [-0.3, -0.25) is 14.1 Å². The summed E-state index contributed by atoms with van der Waals surface area (Å²) in [6.45, 7) is 1.80. The fraction of sp³-hybridized carbons (Fsp3) is 0.438. The number of hydrogen-bond donors (Lipinski definition) is 4. The van der Waals surface area contributed by atoms with Crippen LogP contribution < -0.4 is 9.64 Å². The number of aromatic nitrogens is 5. The van der Waals surface area contributed by atoms with Crippen LogP contribution in [0.2, 0.25) is 0 Å². The predicted molar refractivity (Wildman–Crippen MR) is 165 cm³/mol. The van der Waals surface area contributed by atoms with Gasteiger partial charge >= 0.3 is 12.0 Å². The van der Waals surface area contributed by atoms with Crippen LogP contribution in [0.3, 0.4) is 0 Å². The summed E-state index contributed by atoms with van der Waals surface area (Å²) in [5, 5.41) is 54.8. The number of hydrogen-bond acceptors (Lipinski definition) is 11. The van der Waals surface area contributed by atoms with Gasteiger partial charge in [0, 0.05) is 30.4 Å². The molecule has 4 heterocycles. The number of carboxylic acid groups (broad SMARTS) is 1. The monoisotopic (exact) mass is 645 g/mol. The van der Waals surface area contributed by atoms with Crippen molar-refractivity contribution < 1.29 is 39.5 Å². The molecule has 1 aliphatic carbocycles. The average molecular weight is 646 g/mol. The molecule has 1 saturated carbocycles. The van der Waals surface area contributed by atoms with Crippen molar-refractivity contribution >= 4 is 28.7 Å². The van der Waals surface area contributed by atoms with E-state index in [0.717, 1.165) is 36.8 Å². The number of carboxylic acids is 1. The smallest absolute Gasteiger partial charge is 0.335 e. The number of carbonyl (C=O) groups is 2. The van der Waals surface area contributed by atoms with E-state index in [9.17, 15) is 35.3 Å². The number of amides is 1. The van der Waals surface area contributed by atoms with E-state index in [1.54, 1.807) is 37.5 Å². The van der Waals surface area contributed by atoms with E-state index >= 15 is 0 Å². The highest BCUT2D eigenvalue weighted by molar-refractivity contribution is 6.02. The summed E-state index contributed by atoms with van der Waals surface area (Å²) < 4.78 is 14.3. The molecule has 1 aliphatic heterocycles. The van der Waals surface area contributed by atoms with Crippen molar-refractivity contribution in [3.63, 3.8) is 0 Å². The number of aliphatic hydroxyl groups excluding tert-OH is 3. The van der Waals surface area contributed by atoms with E-state index in [1.165, 1.54) is 28.9 Å². The molecule has 0 spiro atoms. The number of anilines is 1. The van der Waals surface area contributed by atoms with Crippen LogP contribution in [0.15, 0.2) is 49.2 Å². The number of ether oxygens (including phenoxy) is 2. The first kappa shape index (κ1) is 32.1. The number of nitriles is 1. The number of aryl methyl sites for hydroxylation is 1. The highest BCUT2D eigenvalue weighted by atomic mass is 16.7. The Hall–Kier alpha value is -4.88. The van der Waals surface area contributed by atoms with Crippen molar-refractivity contribution in [1.29, 1.82) is 5.26 Å². The molecule has 4 aromatic rings. The van der Waals surface area contributed by atoms with E-state index in [0.29, 0.717) is 29.1 Å². The number of aliphatic hydroxyl groups is 3. The van der Waals surface area contributed by atoms with Crippen molar-refractivity contribution in [2.24, 2.45) is 5.92 Å². The molecule has 15 nitrogen and oxygen atoms in total. The molecule has 47 heavy (non-hydrogen) atoms. The highest BCUT2D eigenvalue weighted by Crippen LogP contribution is 2.37. The number of nitrogens with zero attached hydrogens (tertiary/aromatic N) is 7. The van der Waals surface area contributed by atoms with Crippen LogP contribution in [0, 0.1) is 24.2 Å². The van der Waals surface area contributed by atoms with E-state index in [-0.39, 0.29) is 17.5 Å². The molecule has 2 aliphatic rings. The molecule has 6 atom stereocenters. The van der Waals surface area contributed by atoms with Gasteiger partial charge in [0.05, 0.1) is 36.1 Å². The molecule has 15 heteroatoms. The van der Waals surface area contributed by atoms with Crippen LogP contribution in [-0.2, 0) is 9.53 Å². The largest absolute Gasteiger partial charge is 0.479 e. The molecule has 6 rings (SSSR count). The number of rotatable bonds is 8. The molecule has 1 saturated heterocycles. The second-order valence-corrected chi connectivity index (χ2v) is 12.0. The second-order valence-electron chi connectivity index (χ2n) is 12.0. The predicted octanol–water partition coefficient (Wildman–Crippen LogP) is 2.62. The van der Waals surface area contributed by atoms with Gasteiger partial charge in [-0.25, -0.2) is 19.6 Å². The standard InChI is InChI=1S/C32H35N7O8/c1-17-7-8-23(46-31-27(42)25(40)26(41)28(47-31)30(43)44)22(13-17)37(2)32(45)38-12-10-20-24(34-16-35-29(20)38)19-14-36-39(15-19)21(9-11-33)18-5-3-4-6-18/h7-8,10,12-16,18,21,25-28,31,40-42H,3-6,9H2,1-2H3,(H,43,44)/t21?,25-,26-,27+,28-,31+/m0/s1. The molecule has 3 aromatic heterocycles. The van der Waals surface area contributed by atoms with Crippen molar-refractivity contribution in [2.75, 3.05) is 11.9 Å². The second kappa shape index (κ2) is 13.1. The zero-order chi connectivity index (χ0) is 33.4. The minimum absolute atomic E-state index is 0.0254. The van der Waals surface area contributed by atoms with Gasteiger partial charge in [-0.15, -0.1) is 0 Å². The molecule has 4 N–H and O–H groups in total. The van der Waals surface area contributed by atoms with Crippen LogP contribution in [0.25, 0.3) is 22.3 Å². The van der Waals surface area contributed by atoms with Crippen molar-refractivity contribution in [3.8, 4) is 23.1 Å². The van der Waals surface area contributed by atoms with Gasteiger partial charge in [0.2, 0.25) is 6.29 Å². The van der Waals surface area contributed by atoms with Crippen molar-refractivity contribution in [3.05, 3.63) is 54.7 Å². The van der Waals surface area contributed by atoms with Crippen LogP contribution in [0.5, 0.6) is 5.75 Å². The minimum atomic E-state index is -1.88. The van der Waals surface area contributed by atoms with Gasteiger partial charge in [-0.1, -0.05) is 18.9 Å². The van der Waals surface area contributed by atoms with E-state index in [2.05, 4.69) is 21.1 Å². The molecule has 0 bridgehead atoms. The molecule has 1 aromatic carbocycles. The molecule has 246 valence electrons. The molecular weight excluding hydrogens is 610 g/mol. The lowest BCUT2D eigenvalue weighted by molar-refractivity contribution is -0.271. The number of fused-ring (bicyclic) bond motifs is 1. The number of aliphatic carboxylic acids is 1. The Balaban J connectivity index is 1.28. The van der Waals surface area contributed by atoms with E-state index < -0.39 is 42.7 Å². The van der Waals surface area contributed by atoms with Gasteiger partial charge in [0.15, 0.2) is 11.8 Å². The SMILES string of the molecule is Cc1ccc(O[C@@H]2O[C@H](C(=O)O)[C@@H](O)[C@H](O)[C@H]2O)c(N(C)C(=O)n2ccc3c(-c4cnn(C(CC#N)C5CCCC5)c4)ncnc32)c1. The summed E-state index contributed by atoms with van der Waals surface area (Å²) >= 11 is 0. The maximum Gasteiger partial charge on any atom is 0.335 e. The van der Waals surface area contributed by atoms with E-state index in [1.807, 2.05) is 10.9 Å². The van der Waals surface area contributed by atoms with Crippen LogP contribution in [0.1, 0.15) is 43.7 Å². The van der Waals surface area contributed by atoms with Crippen LogP contribution in [0.4, 0.5) is 10.5 Å². The first-order valence-corrected chi connectivity index (χ1v) is 15.3. The van der Waals surface area contributed by atoms with E-state index in [4.69, 9.17) is 9.47 Å². The fourth-order valence-corrected chi connectivity index (χ4v) is 6.42. The van der Waals surface area contributed by atoms with Crippen LogP contribution >= 0.6 is 0 Å². The highest BCUT2D eigenvalue weighted by Gasteiger charge is 2.48. The summed E-state index contributed by atoms with van der Waals surface area (Å²) in [6.07, 6.45) is 2.29.